The van der Waals surface area contributed by atoms with Crippen LogP contribution >= 0.6 is 0 Å². The van der Waals surface area contributed by atoms with Gasteiger partial charge in [-0.3, -0.25) is 0 Å². The maximum Gasteiger partial charge on any atom is 0.191 e. The van der Waals surface area contributed by atoms with Crippen LogP contribution in [0, 0.1) is 56.7 Å². The fourth-order valence-corrected chi connectivity index (χ4v) is 4.01. The first-order valence-corrected chi connectivity index (χ1v) is 8.06. The lowest BCUT2D eigenvalue weighted by Crippen LogP contribution is -2.42. The molecule has 120 valence electrons. The number of nitrogens with two attached hydrogens (primary N) is 1. The lowest BCUT2D eigenvalue weighted by molar-refractivity contribution is 0.317. The van der Waals surface area contributed by atoms with E-state index >= 15 is 0 Å². The Morgan fingerprint density at radius 2 is 1.68 bits per heavy atom. The van der Waals surface area contributed by atoms with Crippen molar-refractivity contribution in [1.29, 1.82) is 21.0 Å². The Morgan fingerprint density at radius 1 is 1.00 bits per heavy atom. The van der Waals surface area contributed by atoms with E-state index in [1.165, 1.54) is 0 Å². The molecule has 0 radical (unpaired) electrons. The average Bonchev–Trinajstić information content (AvgIpc) is 2.67. The molecular formula is C20H15N5. The van der Waals surface area contributed by atoms with Gasteiger partial charge in [-0.2, -0.15) is 21.0 Å². The molecular weight excluding hydrogens is 310 g/mol. The normalized spacial score (nSPS) is 23.9. The largest absolute Gasteiger partial charge is 0.399 e. The van der Waals surface area contributed by atoms with Crippen LogP contribution in [0.4, 0.5) is 0 Å². The third-order valence-corrected chi connectivity index (χ3v) is 5.20. The van der Waals surface area contributed by atoms with Gasteiger partial charge in [0, 0.05) is 5.92 Å². The Bertz CT molecular complexity index is 924. The van der Waals surface area contributed by atoms with Crippen molar-refractivity contribution in [2.24, 2.45) is 17.1 Å². The first-order chi connectivity index (χ1) is 12.1. The van der Waals surface area contributed by atoms with Gasteiger partial charge in [-0.15, -0.1) is 0 Å². The highest BCUT2D eigenvalue weighted by Gasteiger charge is 2.53. The zero-order valence-corrected chi connectivity index (χ0v) is 13.5. The SMILES string of the molecule is N#CC1=C(N)C(C#N)(C#N)[C@H](c2ccc(C#N)cc2)[C@@H]2CCCC=C12. The van der Waals surface area contributed by atoms with Gasteiger partial charge in [0.1, 0.15) is 6.07 Å². The molecule has 0 aromatic heterocycles. The van der Waals surface area contributed by atoms with Gasteiger partial charge in [0.25, 0.3) is 0 Å². The third kappa shape index (κ3) is 2.27. The molecule has 0 amide bonds. The van der Waals surface area contributed by atoms with Crippen LogP contribution in [0.1, 0.15) is 36.3 Å². The number of benzene rings is 1. The van der Waals surface area contributed by atoms with E-state index in [2.05, 4.69) is 24.3 Å². The highest BCUT2D eigenvalue weighted by Crippen LogP contribution is 2.55. The molecule has 0 saturated heterocycles. The van der Waals surface area contributed by atoms with Gasteiger partial charge < -0.3 is 5.73 Å². The second-order valence-electron chi connectivity index (χ2n) is 6.34. The smallest absolute Gasteiger partial charge is 0.191 e. The molecule has 2 aliphatic rings. The minimum atomic E-state index is -1.58. The second-order valence-corrected chi connectivity index (χ2v) is 6.34. The predicted molar refractivity (Wildman–Crippen MR) is 89.8 cm³/mol. The molecule has 2 atom stereocenters. The van der Waals surface area contributed by atoms with Crippen LogP contribution in [0.3, 0.4) is 0 Å². The molecule has 1 aromatic carbocycles. The number of fused-ring (bicyclic) bond motifs is 1. The van der Waals surface area contributed by atoms with E-state index in [0.29, 0.717) is 5.56 Å². The second kappa shape index (κ2) is 6.16. The lowest BCUT2D eigenvalue weighted by atomic mass is 9.57. The first-order valence-electron chi connectivity index (χ1n) is 8.06. The van der Waals surface area contributed by atoms with E-state index in [4.69, 9.17) is 11.0 Å². The molecule has 0 fully saturated rings. The van der Waals surface area contributed by atoms with Crippen molar-refractivity contribution in [3.05, 3.63) is 58.3 Å². The zero-order valence-electron chi connectivity index (χ0n) is 13.5. The van der Waals surface area contributed by atoms with Crippen LogP contribution in [0.2, 0.25) is 0 Å². The third-order valence-electron chi connectivity index (χ3n) is 5.20. The molecule has 2 N–H and O–H groups in total. The Morgan fingerprint density at radius 3 is 2.24 bits per heavy atom. The molecule has 25 heavy (non-hydrogen) atoms. The summed E-state index contributed by atoms with van der Waals surface area (Å²) in [6.07, 6.45) is 4.60. The van der Waals surface area contributed by atoms with Crippen LogP contribution in [0.15, 0.2) is 47.2 Å². The topological polar surface area (TPSA) is 121 Å². The minimum absolute atomic E-state index is 0.0405. The van der Waals surface area contributed by atoms with E-state index in [1.807, 2.05) is 6.08 Å². The molecule has 5 heteroatoms. The van der Waals surface area contributed by atoms with Crippen molar-refractivity contribution in [3.63, 3.8) is 0 Å². The Balaban J connectivity index is 2.29. The Hall–Kier alpha value is -3.54. The molecule has 3 rings (SSSR count). The van der Waals surface area contributed by atoms with Gasteiger partial charge in [-0.1, -0.05) is 18.2 Å². The number of nitriles is 4. The summed E-state index contributed by atoms with van der Waals surface area (Å²) < 4.78 is 0. The number of nitrogens with zero attached hydrogens (tertiary/aromatic N) is 4. The quantitative estimate of drug-likeness (QED) is 0.850. The summed E-state index contributed by atoms with van der Waals surface area (Å²) in [5.74, 6) is -0.568. The molecule has 0 spiro atoms. The first kappa shape index (κ1) is 16.3. The summed E-state index contributed by atoms with van der Waals surface area (Å²) in [6, 6.07) is 15.3. The Labute approximate surface area is 146 Å². The van der Waals surface area contributed by atoms with Crippen LogP contribution < -0.4 is 5.73 Å². The molecule has 0 bridgehead atoms. The highest BCUT2D eigenvalue weighted by atomic mass is 14.7. The van der Waals surface area contributed by atoms with Gasteiger partial charge in [0.15, 0.2) is 5.41 Å². The highest BCUT2D eigenvalue weighted by molar-refractivity contribution is 5.59. The molecule has 0 unspecified atom stereocenters. The van der Waals surface area contributed by atoms with Gasteiger partial charge in [-0.25, -0.2) is 0 Å². The molecule has 0 aliphatic heterocycles. The van der Waals surface area contributed by atoms with Crippen molar-refractivity contribution in [2.45, 2.75) is 25.2 Å². The van der Waals surface area contributed by atoms with Gasteiger partial charge >= 0.3 is 0 Å². The number of hydrogen-bond acceptors (Lipinski definition) is 5. The zero-order chi connectivity index (χ0) is 18.0. The average molecular weight is 325 g/mol. The van der Waals surface area contributed by atoms with Crippen molar-refractivity contribution >= 4 is 0 Å². The molecule has 0 heterocycles. The summed E-state index contributed by atoms with van der Waals surface area (Å²) >= 11 is 0. The van der Waals surface area contributed by atoms with E-state index in [-0.39, 0.29) is 17.2 Å². The summed E-state index contributed by atoms with van der Waals surface area (Å²) in [5, 5.41) is 38.3. The number of rotatable bonds is 1. The number of hydrogen-bond donors (Lipinski definition) is 1. The summed E-state index contributed by atoms with van der Waals surface area (Å²) in [7, 11) is 0. The van der Waals surface area contributed by atoms with Gasteiger partial charge in [-0.05, 0) is 48.4 Å². The van der Waals surface area contributed by atoms with E-state index < -0.39 is 11.3 Å². The summed E-state index contributed by atoms with van der Waals surface area (Å²) in [6.45, 7) is 0. The monoisotopic (exact) mass is 325 g/mol. The van der Waals surface area contributed by atoms with Crippen LogP contribution in [-0.4, -0.2) is 0 Å². The van der Waals surface area contributed by atoms with Crippen LogP contribution in [0.5, 0.6) is 0 Å². The molecule has 1 aromatic rings. The number of allylic oxidation sites excluding steroid dienone is 4. The van der Waals surface area contributed by atoms with E-state index in [9.17, 15) is 15.8 Å². The standard InChI is InChI=1S/C20H15N5/c21-9-13-5-7-14(8-6-13)18-16-4-2-1-3-15(16)17(10-22)19(25)20(18,11-23)12-24/h3,5-8,16,18H,1-2,4,25H2/t16-,18-/m1/s1. The maximum atomic E-state index is 9.88. The molecule has 0 saturated carbocycles. The fourth-order valence-electron chi connectivity index (χ4n) is 4.01. The Kier molecular flexibility index (Phi) is 4.02. The van der Waals surface area contributed by atoms with Gasteiger partial charge in [0.2, 0.25) is 0 Å². The summed E-state index contributed by atoms with van der Waals surface area (Å²) in [4.78, 5) is 0. The molecule has 5 nitrogen and oxygen atoms in total. The predicted octanol–water partition coefficient (Wildman–Crippen LogP) is 3.15. The van der Waals surface area contributed by atoms with Crippen molar-refractivity contribution in [2.75, 3.05) is 0 Å². The van der Waals surface area contributed by atoms with E-state index in [0.717, 1.165) is 30.4 Å². The van der Waals surface area contributed by atoms with Crippen molar-refractivity contribution in [3.8, 4) is 24.3 Å². The summed E-state index contributed by atoms with van der Waals surface area (Å²) in [5.41, 5.74) is 7.08. The van der Waals surface area contributed by atoms with Crippen LogP contribution in [-0.2, 0) is 0 Å². The van der Waals surface area contributed by atoms with Gasteiger partial charge in [0.05, 0.1) is 35.0 Å². The lowest BCUT2D eigenvalue weighted by Gasteiger charge is -2.43. The van der Waals surface area contributed by atoms with Crippen molar-refractivity contribution < 1.29 is 0 Å². The maximum absolute atomic E-state index is 9.88. The van der Waals surface area contributed by atoms with Crippen LogP contribution in [0.25, 0.3) is 0 Å². The molecule has 2 aliphatic carbocycles. The van der Waals surface area contributed by atoms with Crippen molar-refractivity contribution in [1.82, 2.24) is 0 Å². The fraction of sp³-hybridized carbons (Fsp3) is 0.300. The minimum Gasteiger partial charge on any atom is -0.399 e. The van der Waals surface area contributed by atoms with E-state index in [1.54, 1.807) is 24.3 Å².